The van der Waals surface area contributed by atoms with Crippen LogP contribution in [0.15, 0.2) is 48.5 Å². The molecule has 2 aromatic rings. The molecule has 1 heterocycles. The second-order valence-corrected chi connectivity index (χ2v) is 54.4. The van der Waals surface area contributed by atoms with Gasteiger partial charge in [0.05, 0.1) is 6.61 Å². The van der Waals surface area contributed by atoms with Crippen LogP contribution in [-0.2, 0) is 41.7 Å². The fourth-order valence-electron chi connectivity index (χ4n) is 35.9. The average molecular weight is 2110 g/mol. The van der Waals surface area contributed by atoms with E-state index in [-0.39, 0.29) is 24.6 Å². The summed E-state index contributed by atoms with van der Waals surface area (Å²) in [6.07, 6.45) is 107. The van der Waals surface area contributed by atoms with Crippen molar-refractivity contribution in [2.24, 2.45) is 127 Å². The third-order valence-corrected chi connectivity index (χ3v) is 46.4. The van der Waals surface area contributed by atoms with Gasteiger partial charge in [-0.05, 0) is 440 Å². The molecule has 149 heavy (non-hydrogen) atoms. The summed E-state index contributed by atoms with van der Waals surface area (Å²) in [5.41, 5.74) is 11.6. The second kappa shape index (κ2) is 71.1. The maximum atomic E-state index is 5.78. The molecular formula is C142H256O5P2-4. The van der Waals surface area contributed by atoms with Crippen LogP contribution in [0, 0.1) is 127 Å². The van der Waals surface area contributed by atoms with Crippen molar-refractivity contribution in [1.82, 2.24) is 0 Å². The van der Waals surface area contributed by atoms with Gasteiger partial charge in [-0.2, -0.15) is 0 Å². The van der Waals surface area contributed by atoms with E-state index >= 15 is 0 Å². The summed E-state index contributed by atoms with van der Waals surface area (Å²) in [5.74, 6) is 17.5. The lowest BCUT2D eigenvalue weighted by atomic mass is 9.51. The zero-order chi connectivity index (χ0) is 108. The van der Waals surface area contributed by atoms with E-state index < -0.39 is 0 Å². The summed E-state index contributed by atoms with van der Waals surface area (Å²) >= 11 is 0. The van der Waals surface area contributed by atoms with Crippen molar-refractivity contribution in [3.63, 3.8) is 0 Å². The molecule has 17 aliphatic rings. The van der Waals surface area contributed by atoms with E-state index in [4.69, 9.17) is 23.7 Å². The topological polar surface area (TPSA) is 46.2 Å². The summed E-state index contributed by atoms with van der Waals surface area (Å²) < 4.78 is 28.4. The SMILES string of the molecule is CC.CC.CCC12CCC(C[P-2])(CC1)CC2.CCC12CCC(c3ccc(C[P-2])cc3)(CC1)CC2.CCC1CCC(CC2CCC(CC)CC2)CC1.CCCC1(CCC)CCC(C2CCC(CC)CC2)CC1.CCCC1(CCC)CCC(C2CCC(CCC)(CCC)CC2)CC1.CCCC1(CCC)CCC(c2ccc(CC)cc2)CC1.CCCC1CC2C3CC(CCC)C(C3)C2C1.CCOC1OC[C@@H](OCC)[C@H](OCC)[C@H]1OCC. The smallest absolute Gasteiger partial charge is 0.186 e. The first-order valence-corrected chi connectivity index (χ1v) is 69.2. The summed E-state index contributed by atoms with van der Waals surface area (Å²) in [5, 5.41) is 0. The highest BCUT2D eigenvalue weighted by molar-refractivity contribution is 7.16. The van der Waals surface area contributed by atoms with Gasteiger partial charge in [-0.15, -0.1) is 5.56 Å². The Morgan fingerprint density at radius 1 is 0.295 bits per heavy atom. The van der Waals surface area contributed by atoms with Crippen molar-refractivity contribution in [2.75, 3.05) is 39.2 Å². The zero-order valence-corrected chi connectivity index (χ0v) is 106. The van der Waals surface area contributed by atoms with Gasteiger partial charge in [0.2, 0.25) is 0 Å². The van der Waals surface area contributed by atoms with Crippen LogP contribution in [0.3, 0.4) is 0 Å². The number of hydrogen-bond acceptors (Lipinski definition) is 5. The molecule has 10 atom stereocenters. The Balaban J connectivity index is 0.000000207. The van der Waals surface area contributed by atoms with Gasteiger partial charge in [-0.1, -0.05) is 385 Å². The number of hydrogen-bond donors (Lipinski definition) is 0. The lowest BCUT2D eigenvalue weighted by molar-refractivity contribution is -0.291. The van der Waals surface area contributed by atoms with E-state index in [1.165, 1.54) is 325 Å². The molecule has 0 N–H and O–H groups in total. The summed E-state index contributed by atoms with van der Waals surface area (Å²) in [6.45, 7) is 56.7. The van der Waals surface area contributed by atoms with Crippen LogP contribution in [0.5, 0.6) is 0 Å². The second-order valence-electron chi connectivity index (χ2n) is 53.8. The molecule has 16 saturated carbocycles. The van der Waals surface area contributed by atoms with E-state index in [1.54, 1.807) is 159 Å². The summed E-state index contributed by atoms with van der Waals surface area (Å²) in [6, 6.07) is 18.7. The number of aryl methyl sites for hydroxylation is 1. The predicted octanol–water partition coefficient (Wildman–Crippen LogP) is 46.1. The van der Waals surface area contributed by atoms with Crippen LogP contribution in [-0.4, -0.2) is 63.8 Å². The molecule has 7 heteroatoms. The van der Waals surface area contributed by atoms with E-state index in [1.807, 2.05) is 55.4 Å². The van der Waals surface area contributed by atoms with Gasteiger partial charge in [-0.25, -0.2) is 0 Å². The molecule has 7 unspecified atom stereocenters. The van der Waals surface area contributed by atoms with Gasteiger partial charge in [0.1, 0.15) is 18.3 Å². The highest BCUT2D eigenvalue weighted by Crippen LogP contribution is 2.65. The number of rotatable bonds is 42. The molecule has 17 fully saturated rings. The number of ether oxygens (including phenoxy) is 5. The molecule has 5 nitrogen and oxygen atoms in total. The molecule has 2 aromatic carbocycles. The molecule has 6 bridgehead atoms. The van der Waals surface area contributed by atoms with Gasteiger partial charge >= 0.3 is 0 Å². The van der Waals surface area contributed by atoms with Crippen LogP contribution in [0.1, 0.15) is 644 Å². The maximum absolute atomic E-state index is 5.78. The van der Waals surface area contributed by atoms with E-state index in [2.05, 4.69) is 178 Å². The molecule has 0 spiro atoms. The average Bonchev–Trinajstić information content (AvgIpc) is 0.811. The van der Waals surface area contributed by atoms with Crippen molar-refractivity contribution in [3.05, 3.63) is 70.8 Å². The lowest BCUT2D eigenvalue weighted by Crippen LogP contribution is -2.57. The van der Waals surface area contributed by atoms with Crippen LogP contribution in [0.25, 0.3) is 0 Å². The molecule has 1 saturated heterocycles. The molecule has 0 aromatic heterocycles. The first-order chi connectivity index (χ1) is 72.5. The third-order valence-electron chi connectivity index (χ3n) is 45.4. The fourth-order valence-corrected chi connectivity index (χ4v) is 36.6. The van der Waals surface area contributed by atoms with E-state index in [0.29, 0.717) is 54.7 Å². The van der Waals surface area contributed by atoms with Crippen LogP contribution < -0.4 is 0 Å². The minimum absolute atomic E-state index is 0.0943. The molecule has 0 radical (unpaired) electrons. The Labute approximate surface area is 936 Å². The Morgan fingerprint density at radius 3 is 1.00 bits per heavy atom. The quantitative estimate of drug-likeness (QED) is 0.0620. The molecule has 0 amide bonds. The zero-order valence-electron chi connectivity index (χ0n) is 104. The number of fused-ring (bicyclic) bond motifs is 11. The van der Waals surface area contributed by atoms with Crippen molar-refractivity contribution in [2.45, 2.75) is 664 Å². The largest absolute Gasteiger partial charge is 1.49 e. The molecule has 1 aliphatic heterocycles. The van der Waals surface area contributed by atoms with Crippen molar-refractivity contribution < 1.29 is 23.7 Å². The van der Waals surface area contributed by atoms with E-state index in [0.717, 1.165) is 123 Å². The Morgan fingerprint density at radius 2 is 0.644 bits per heavy atom. The minimum atomic E-state index is -0.372. The van der Waals surface area contributed by atoms with Crippen LogP contribution in [0.4, 0.5) is 0 Å². The Hall–Kier alpha value is -0.900. The van der Waals surface area contributed by atoms with E-state index in [9.17, 15) is 0 Å². The van der Waals surface area contributed by atoms with Gasteiger partial charge in [-0.3, -0.25) is 0 Å². The van der Waals surface area contributed by atoms with Gasteiger partial charge in [0.15, 0.2) is 6.29 Å². The summed E-state index contributed by atoms with van der Waals surface area (Å²) in [7, 11) is 8.86. The molecular weight excluding hydrogens is 1850 g/mol. The minimum Gasteiger partial charge on any atom is -1.49 e. The fraction of sp³-hybridized carbons (Fsp3) is 0.915. The van der Waals surface area contributed by atoms with Gasteiger partial charge in [0.25, 0.3) is 0 Å². The molecule has 19 rings (SSSR count). The van der Waals surface area contributed by atoms with Crippen LogP contribution in [0.2, 0.25) is 0 Å². The molecule has 868 valence electrons. The Kier molecular flexibility index (Phi) is 63.6. The number of benzene rings is 2. The van der Waals surface area contributed by atoms with Gasteiger partial charge < -0.3 is 54.5 Å². The lowest BCUT2D eigenvalue weighted by Gasteiger charge is -2.61. The van der Waals surface area contributed by atoms with Crippen LogP contribution >= 0.6 is 18.5 Å². The third kappa shape index (κ3) is 39.8. The summed E-state index contributed by atoms with van der Waals surface area (Å²) in [4.78, 5) is 0. The first kappa shape index (κ1) is 133. The van der Waals surface area contributed by atoms with Crippen molar-refractivity contribution in [3.8, 4) is 0 Å². The highest BCUT2D eigenvalue weighted by Gasteiger charge is 2.56. The Bertz CT molecular complexity index is 3420. The normalized spacial score (nSPS) is 32.6. The first-order valence-electron chi connectivity index (χ1n) is 67.9. The van der Waals surface area contributed by atoms with Gasteiger partial charge in [0, 0.05) is 26.4 Å². The van der Waals surface area contributed by atoms with Crippen molar-refractivity contribution >= 4 is 18.5 Å². The monoisotopic (exact) mass is 2100 g/mol. The molecule has 16 aliphatic carbocycles. The van der Waals surface area contributed by atoms with Crippen molar-refractivity contribution in [1.29, 1.82) is 0 Å². The standard InChI is InChI=1S/C24H46.C20H38.C20H32.C17H23P.C17H32.C16H28.C13H26O5.C11H19P.2C2H6/c1-5-13-23(14-6-2)17-9-21(10-18-23)22-11-19-24(15-7-3,16-8-4)20-12-22;2*1-4-13-20(14-5-2)15-11-19(12-16-20)18-9-7-17(6-3)8-10-18;1-2-16-7-10-17(11-8-16,12-9-16)15-5-3-14(13-18)4-6-15;1-3-14-5-9-16(10-6-14)13-17-11-7-15(4-2)8-12-17;1-3-5-11-7-14-13-9-12(6-4-2)15(10-13)16(14)8-11;1-5-14-10-9-18-13(17-8-4)12(16-7-3)11(10)15-6-2;1-2-10-3-6-11(9-12,7-4-10)8-5-10;2*1-2/h21-22H,5-20H2,1-4H3;17-19H,4-16H2,1-3H3;7-10,19H,4-6,11-16H2,1-3H3;3-6H,2,7-13H2,1H3;14-17H,3-13H2,1-2H3;11-16H,3-10H2,1-2H3;10-13H,5-9H2,1-4H3;2-9H2,1H3;2*1-2H3/q;;;-2;;;;-2;;/t;;;;;;10-,11+,12-,13?;;;/m......1.../s1. The maximum Gasteiger partial charge on any atom is 0.186 e. The highest BCUT2D eigenvalue weighted by atomic mass is 31.0. The predicted molar refractivity (Wildman–Crippen MR) is 657 cm³/mol.